The number of aromatic nitrogens is 1. The highest BCUT2D eigenvalue weighted by Crippen LogP contribution is 2.32. The number of rotatable bonds is 2. The SMILES string of the molecule is Cn1c(C(C)(C)C)cc2cc([N+](=O)[O-])cc(C(=O)O)c21. The highest BCUT2D eigenvalue weighted by molar-refractivity contribution is 6.04. The van der Waals surface area contributed by atoms with Crippen molar-refractivity contribution in [2.75, 3.05) is 0 Å². The molecule has 6 nitrogen and oxygen atoms in total. The first-order valence-electron chi connectivity index (χ1n) is 6.14. The summed E-state index contributed by atoms with van der Waals surface area (Å²) in [6.07, 6.45) is 0. The summed E-state index contributed by atoms with van der Waals surface area (Å²) in [7, 11) is 1.78. The maximum Gasteiger partial charge on any atom is 0.338 e. The molecule has 0 bridgehead atoms. The van der Waals surface area contributed by atoms with Crippen LogP contribution in [0.4, 0.5) is 5.69 Å². The number of nitro benzene ring substituents is 1. The van der Waals surface area contributed by atoms with Gasteiger partial charge >= 0.3 is 5.97 Å². The summed E-state index contributed by atoms with van der Waals surface area (Å²) in [4.78, 5) is 21.7. The smallest absolute Gasteiger partial charge is 0.338 e. The number of benzene rings is 1. The predicted octanol–water partition coefficient (Wildman–Crippen LogP) is 3.08. The van der Waals surface area contributed by atoms with Gasteiger partial charge < -0.3 is 9.67 Å². The molecular weight excluding hydrogens is 260 g/mol. The fourth-order valence-electron chi connectivity index (χ4n) is 2.48. The third-order valence-electron chi connectivity index (χ3n) is 3.32. The first kappa shape index (κ1) is 14.0. The Kier molecular flexibility index (Phi) is 3.04. The number of carboxylic acid groups (broad SMARTS) is 1. The van der Waals surface area contributed by atoms with Gasteiger partial charge in [0.2, 0.25) is 0 Å². The first-order chi connectivity index (χ1) is 9.12. The minimum absolute atomic E-state index is 0.0489. The zero-order chi connectivity index (χ0) is 15.2. The second kappa shape index (κ2) is 4.33. The Labute approximate surface area is 115 Å². The lowest BCUT2D eigenvalue weighted by Crippen LogP contribution is -2.16. The molecule has 0 unspecified atom stereocenters. The average Bonchev–Trinajstić information content (AvgIpc) is 2.65. The van der Waals surface area contributed by atoms with Gasteiger partial charge in [0.05, 0.1) is 16.0 Å². The summed E-state index contributed by atoms with van der Waals surface area (Å²) < 4.78 is 1.79. The zero-order valence-corrected chi connectivity index (χ0v) is 11.8. The number of non-ortho nitro benzene ring substituents is 1. The van der Waals surface area contributed by atoms with Crippen molar-refractivity contribution in [2.24, 2.45) is 7.05 Å². The molecule has 2 rings (SSSR count). The van der Waals surface area contributed by atoms with E-state index < -0.39 is 10.9 Å². The largest absolute Gasteiger partial charge is 0.478 e. The summed E-state index contributed by atoms with van der Waals surface area (Å²) in [6, 6.07) is 4.34. The van der Waals surface area contributed by atoms with Crippen LogP contribution in [0.3, 0.4) is 0 Å². The van der Waals surface area contributed by atoms with Gasteiger partial charge in [0, 0.05) is 35.7 Å². The van der Waals surface area contributed by atoms with E-state index in [0.29, 0.717) is 10.9 Å². The molecule has 106 valence electrons. The van der Waals surface area contributed by atoms with Crippen LogP contribution in [0, 0.1) is 10.1 Å². The Morgan fingerprint density at radius 2 is 1.90 bits per heavy atom. The van der Waals surface area contributed by atoms with Crippen LogP contribution in [0.25, 0.3) is 10.9 Å². The number of carboxylic acids is 1. The van der Waals surface area contributed by atoms with Crippen molar-refractivity contribution in [1.82, 2.24) is 4.57 Å². The van der Waals surface area contributed by atoms with Gasteiger partial charge in [0.25, 0.3) is 5.69 Å². The number of aryl methyl sites for hydroxylation is 1. The van der Waals surface area contributed by atoms with E-state index in [4.69, 9.17) is 0 Å². The Morgan fingerprint density at radius 1 is 1.30 bits per heavy atom. The van der Waals surface area contributed by atoms with Crippen molar-refractivity contribution in [3.8, 4) is 0 Å². The summed E-state index contributed by atoms with van der Waals surface area (Å²) in [5, 5.41) is 20.8. The monoisotopic (exact) mass is 276 g/mol. The Morgan fingerprint density at radius 3 is 2.35 bits per heavy atom. The second-order valence-electron chi connectivity index (χ2n) is 5.83. The molecule has 0 atom stereocenters. The van der Waals surface area contributed by atoms with Gasteiger partial charge in [-0.1, -0.05) is 20.8 Å². The van der Waals surface area contributed by atoms with E-state index in [9.17, 15) is 20.0 Å². The van der Waals surface area contributed by atoms with Crippen LogP contribution in [0.2, 0.25) is 0 Å². The molecule has 0 radical (unpaired) electrons. The molecule has 0 aliphatic carbocycles. The maximum atomic E-state index is 11.4. The van der Waals surface area contributed by atoms with Gasteiger partial charge in [-0.05, 0) is 6.07 Å². The van der Waals surface area contributed by atoms with E-state index in [0.717, 1.165) is 11.8 Å². The molecule has 0 aliphatic heterocycles. The van der Waals surface area contributed by atoms with Crippen LogP contribution in [0.5, 0.6) is 0 Å². The number of carbonyl (C=O) groups is 1. The van der Waals surface area contributed by atoms with Crippen LogP contribution in [-0.2, 0) is 12.5 Å². The molecule has 0 saturated heterocycles. The van der Waals surface area contributed by atoms with E-state index >= 15 is 0 Å². The van der Waals surface area contributed by atoms with Crippen LogP contribution >= 0.6 is 0 Å². The Bertz CT molecular complexity index is 723. The molecule has 1 heterocycles. The van der Waals surface area contributed by atoms with E-state index in [-0.39, 0.29) is 16.7 Å². The van der Waals surface area contributed by atoms with Gasteiger partial charge in [-0.25, -0.2) is 4.79 Å². The van der Waals surface area contributed by atoms with E-state index in [1.165, 1.54) is 6.07 Å². The molecule has 0 aliphatic rings. The van der Waals surface area contributed by atoms with Crippen molar-refractivity contribution < 1.29 is 14.8 Å². The van der Waals surface area contributed by atoms with Crippen LogP contribution in [0.1, 0.15) is 36.8 Å². The van der Waals surface area contributed by atoms with Gasteiger partial charge in [0.15, 0.2) is 0 Å². The molecule has 0 saturated carbocycles. The van der Waals surface area contributed by atoms with Crippen LogP contribution in [-0.4, -0.2) is 20.6 Å². The van der Waals surface area contributed by atoms with E-state index in [1.54, 1.807) is 11.6 Å². The first-order valence-corrected chi connectivity index (χ1v) is 6.14. The van der Waals surface area contributed by atoms with E-state index in [2.05, 4.69) is 0 Å². The molecule has 6 heteroatoms. The van der Waals surface area contributed by atoms with Crippen LogP contribution in [0.15, 0.2) is 18.2 Å². The number of aromatic carboxylic acids is 1. The average molecular weight is 276 g/mol. The van der Waals surface area contributed by atoms with Gasteiger partial charge in [-0.15, -0.1) is 0 Å². The minimum atomic E-state index is -1.17. The Balaban J connectivity index is 2.90. The molecule has 0 amide bonds. The van der Waals surface area contributed by atoms with Crippen molar-refractivity contribution >= 4 is 22.6 Å². The maximum absolute atomic E-state index is 11.4. The highest BCUT2D eigenvalue weighted by Gasteiger charge is 2.24. The molecule has 0 fully saturated rings. The van der Waals surface area contributed by atoms with Crippen molar-refractivity contribution in [3.05, 3.63) is 39.6 Å². The lowest BCUT2D eigenvalue weighted by Gasteiger charge is -2.19. The standard InChI is InChI=1S/C14H16N2O4/c1-14(2,3)11-6-8-5-9(16(19)20)7-10(13(17)18)12(8)15(11)4/h5-7H,1-4H3,(H,17,18). The topological polar surface area (TPSA) is 85.4 Å². The fourth-order valence-corrected chi connectivity index (χ4v) is 2.48. The second-order valence-corrected chi connectivity index (χ2v) is 5.83. The van der Waals surface area contributed by atoms with Crippen molar-refractivity contribution in [2.45, 2.75) is 26.2 Å². The summed E-state index contributed by atoms with van der Waals surface area (Å²) in [6.45, 7) is 6.03. The molecule has 1 aromatic heterocycles. The lowest BCUT2D eigenvalue weighted by molar-refractivity contribution is -0.384. The zero-order valence-electron chi connectivity index (χ0n) is 11.8. The molecular formula is C14H16N2O4. The predicted molar refractivity (Wildman–Crippen MR) is 75.2 cm³/mol. The molecule has 2 aromatic rings. The lowest BCUT2D eigenvalue weighted by atomic mass is 9.92. The van der Waals surface area contributed by atoms with Crippen LogP contribution < -0.4 is 0 Å². The number of nitrogens with zero attached hydrogens (tertiary/aromatic N) is 2. The van der Waals surface area contributed by atoms with Gasteiger partial charge in [0.1, 0.15) is 0 Å². The summed E-state index contributed by atoms with van der Waals surface area (Å²) >= 11 is 0. The van der Waals surface area contributed by atoms with Crippen molar-refractivity contribution in [1.29, 1.82) is 0 Å². The summed E-state index contributed by atoms with van der Waals surface area (Å²) in [5.41, 5.74) is 0.995. The van der Waals surface area contributed by atoms with E-state index in [1.807, 2.05) is 26.8 Å². The number of hydrogen-bond donors (Lipinski definition) is 1. The summed E-state index contributed by atoms with van der Waals surface area (Å²) in [5.74, 6) is -1.17. The minimum Gasteiger partial charge on any atom is -0.478 e. The van der Waals surface area contributed by atoms with Gasteiger partial charge in [-0.2, -0.15) is 0 Å². The molecule has 20 heavy (non-hydrogen) atoms. The normalized spacial score (nSPS) is 11.8. The number of nitro groups is 1. The Hall–Kier alpha value is -2.37. The molecule has 1 N–H and O–H groups in total. The third-order valence-corrected chi connectivity index (χ3v) is 3.32. The van der Waals surface area contributed by atoms with Crippen molar-refractivity contribution in [3.63, 3.8) is 0 Å². The molecule has 0 spiro atoms. The quantitative estimate of drug-likeness (QED) is 0.674. The fraction of sp³-hybridized carbons (Fsp3) is 0.357. The molecule has 1 aromatic carbocycles. The third kappa shape index (κ3) is 2.13. The highest BCUT2D eigenvalue weighted by atomic mass is 16.6. The van der Waals surface area contributed by atoms with Gasteiger partial charge in [-0.3, -0.25) is 10.1 Å². The number of hydrogen-bond acceptors (Lipinski definition) is 3. The number of fused-ring (bicyclic) bond motifs is 1.